The number of nitrogens with two attached hydrogens (primary N) is 1. The van der Waals surface area contributed by atoms with Crippen LogP contribution in [0.2, 0.25) is 10.0 Å². The molecule has 2 aromatic rings. The molecule has 0 bridgehead atoms. The van der Waals surface area contributed by atoms with Gasteiger partial charge in [0.2, 0.25) is 0 Å². The van der Waals surface area contributed by atoms with Crippen LogP contribution in [0.1, 0.15) is 10.5 Å². The van der Waals surface area contributed by atoms with E-state index in [0.29, 0.717) is 4.88 Å². The molecule has 0 aliphatic rings. The summed E-state index contributed by atoms with van der Waals surface area (Å²) >= 11 is 13.0. The number of carboxylic acids is 1. The zero-order valence-electron chi connectivity index (χ0n) is 8.15. The minimum absolute atomic E-state index is 0.00383. The highest BCUT2D eigenvalue weighted by Gasteiger charge is 2.21. The Hall–Kier alpha value is -1.37. The van der Waals surface area contributed by atoms with Crippen LogP contribution in [0.25, 0.3) is 10.6 Å². The fourth-order valence-electron chi connectivity index (χ4n) is 1.20. The molecule has 8 heteroatoms. The molecule has 2 aromatic heterocycles. The summed E-state index contributed by atoms with van der Waals surface area (Å²) in [6.07, 6.45) is 1.53. The molecule has 2 heterocycles. The van der Waals surface area contributed by atoms with Crippen LogP contribution in [0.3, 0.4) is 0 Å². The highest BCUT2D eigenvalue weighted by atomic mass is 35.5. The van der Waals surface area contributed by atoms with Crippen LogP contribution >= 0.6 is 34.5 Å². The monoisotopic (exact) mass is 289 g/mol. The zero-order valence-corrected chi connectivity index (χ0v) is 10.5. The van der Waals surface area contributed by atoms with E-state index in [1.54, 1.807) is 5.51 Å². The first-order chi connectivity index (χ1) is 8.02. The number of hydrogen-bond acceptors (Lipinski definition) is 5. The van der Waals surface area contributed by atoms with Crippen LogP contribution in [0.4, 0.5) is 5.69 Å². The number of aromatic nitrogens is 2. The van der Waals surface area contributed by atoms with Crippen molar-refractivity contribution >= 4 is 46.2 Å². The van der Waals surface area contributed by atoms with Crippen molar-refractivity contribution in [1.82, 2.24) is 9.97 Å². The van der Waals surface area contributed by atoms with Gasteiger partial charge in [-0.3, -0.25) is 4.98 Å². The van der Waals surface area contributed by atoms with E-state index in [1.807, 2.05) is 0 Å². The van der Waals surface area contributed by atoms with E-state index in [9.17, 15) is 4.79 Å². The number of anilines is 1. The number of nitrogen functional groups attached to an aromatic ring is 1. The number of rotatable bonds is 2. The van der Waals surface area contributed by atoms with Gasteiger partial charge < -0.3 is 10.8 Å². The van der Waals surface area contributed by atoms with Crippen molar-refractivity contribution < 1.29 is 9.90 Å². The van der Waals surface area contributed by atoms with Gasteiger partial charge in [0, 0.05) is 6.20 Å². The lowest BCUT2D eigenvalue weighted by Crippen LogP contribution is -2.06. The van der Waals surface area contributed by atoms with E-state index in [1.165, 1.54) is 17.5 Å². The zero-order chi connectivity index (χ0) is 12.6. The van der Waals surface area contributed by atoms with Gasteiger partial charge in [0.25, 0.3) is 0 Å². The Morgan fingerprint density at radius 3 is 2.65 bits per heavy atom. The van der Waals surface area contributed by atoms with E-state index in [-0.39, 0.29) is 27.1 Å². The summed E-state index contributed by atoms with van der Waals surface area (Å²) in [5, 5.41) is 8.92. The largest absolute Gasteiger partial charge is 0.476 e. The third-order valence-corrected chi connectivity index (χ3v) is 3.53. The van der Waals surface area contributed by atoms with Gasteiger partial charge in [-0.15, -0.1) is 11.3 Å². The first-order valence-electron chi connectivity index (χ1n) is 4.29. The number of halogens is 2. The average Bonchev–Trinajstić information content (AvgIpc) is 2.79. The molecule has 3 N–H and O–H groups in total. The Morgan fingerprint density at radius 2 is 2.12 bits per heavy atom. The molecule has 2 rings (SSSR count). The van der Waals surface area contributed by atoms with Crippen molar-refractivity contribution in [1.29, 1.82) is 0 Å². The minimum atomic E-state index is -1.26. The number of aromatic carboxylic acids is 1. The maximum atomic E-state index is 10.9. The molecule has 0 saturated carbocycles. The molecule has 5 nitrogen and oxygen atoms in total. The minimum Gasteiger partial charge on any atom is -0.476 e. The molecular weight excluding hydrogens is 285 g/mol. The highest BCUT2D eigenvalue weighted by Crippen LogP contribution is 2.37. The van der Waals surface area contributed by atoms with Crippen LogP contribution in [0.15, 0.2) is 11.7 Å². The van der Waals surface area contributed by atoms with Gasteiger partial charge in [0.05, 0.1) is 26.1 Å². The highest BCUT2D eigenvalue weighted by molar-refractivity contribution is 7.13. The number of nitrogens with zero attached hydrogens (tertiary/aromatic N) is 2. The summed E-state index contributed by atoms with van der Waals surface area (Å²) in [7, 11) is 0. The van der Waals surface area contributed by atoms with E-state index in [4.69, 9.17) is 34.0 Å². The van der Waals surface area contributed by atoms with Gasteiger partial charge in [0.1, 0.15) is 5.69 Å². The third kappa shape index (κ3) is 2.06. The lowest BCUT2D eigenvalue weighted by atomic mass is 10.2. The smallest absolute Gasteiger partial charge is 0.356 e. The standard InChI is InChI=1S/C9H5Cl2N3O2S/c10-4-6(12)5(11)8(9(15)16)14-7(4)3-1-13-2-17-3/h1-2H,(H2,12,14)(H,15,16). The van der Waals surface area contributed by atoms with Gasteiger partial charge in [-0.05, 0) is 0 Å². The van der Waals surface area contributed by atoms with Gasteiger partial charge in [-0.25, -0.2) is 9.78 Å². The normalized spacial score (nSPS) is 10.5. The van der Waals surface area contributed by atoms with E-state index < -0.39 is 5.97 Å². The van der Waals surface area contributed by atoms with Gasteiger partial charge in [-0.1, -0.05) is 23.2 Å². The van der Waals surface area contributed by atoms with Crippen molar-refractivity contribution in [2.24, 2.45) is 0 Å². The van der Waals surface area contributed by atoms with E-state index >= 15 is 0 Å². The number of carbonyl (C=O) groups is 1. The molecule has 0 aliphatic carbocycles. The average molecular weight is 290 g/mol. The van der Waals surface area contributed by atoms with E-state index in [0.717, 1.165) is 0 Å². The van der Waals surface area contributed by atoms with E-state index in [2.05, 4.69) is 9.97 Å². The van der Waals surface area contributed by atoms with Gasteiger partial charge >= 0.3 is 5.97 Å². The predicted molar refractivity (Wildman–Crippen MR) is 66.7 cm³/mol. The number of carboxylic acid groups (broad SMARTS) is 1. The molecule has 0 atom stereocenters. The molecular formula is C9H5Cl2N3O2S. The molecule has 0 unspecified atom stereocenters. The fraction of sp³-hybridized carbons (Fsp3) is 0. The maximum Gasteiger partial charge on any atom is 0.356 e. The molecule has 88 valence electrons. The number of pyridine rings is 1. The molecule has 0 amide bonds. The topological polar surface area (TPSA) is 89.1 Å². The second-order valence-electron chi connectivity index (χ2n) is 3.02. The quantitative estimate of drug-likeness (QED) is 0.887. The summed E-state index contributed by atoms with van der Waals surface area (Å²) < 4.78 is 0. The Kier molecular flexibility index (Phi) is 3.19. The lowest BCUT2D eigenvalue weighted by Gasteiger charge is -2.08. The molecule has 0 aliphatic heterocycles. The first-order valence-corrected chi connectivity index (χ1v) is 5.92. The van der Waals surface area contributed by atoms with Crippen molar-refractivity contribution in [3.63, 3.8) is 0 Å². The van der Waals surface area contributed by atoms with Gasteiger partial charge in [0.15, 0.2) is 5.69 Å². The van der Waals surface area contributed by atoms with Crippen molar-refractivity contribution in [2.75, 3.05) is 5.73 Å². The van der Waals surface area contributed by atoms with Crippen molar-refractivity contribution in [2.45, 2.75) is 0 Å². The molecule has 0 spiro atoms. The first kappa shape index (κ1) is 12.1. The molecule has 0 fully saturated rings. The van der Waals surface area contributed by atoms with Crippen LogP contribution in [-0.2, 0) is 0 Å². The molecule has 17 heavy (non-hydrogen) atoms. The number of thiazole rings is 1. The van der Waals surface area contributed by atoms with Crippen molar-refractivity contribution in [3.8, 4) is 10.6 Å². The van der Waals surface area contributed by atoms with Crippen LogP contribution < -0.4 is 5.73 Å². The Labute approximate surface area is 110 Å². The Bertz CT molecular complexity index is 586. The Morgan fingerprint density at radius 1 is 1.41 bits per heavy atom. The molecule has 0 radical (unpaired) electrons. The van der Waals surface area contributed by atoms with Crippen LogP contribution in [0, 0.1) is 0 Å². The summed E-state index contributed by atoms with van der Waals surface area (Å²) in [6, 6.07) is 0. The predicted octanol–water partition coefficient (Wildman–Crippen LogP) is 2.79. The fourth-order valence-corrected chi connectivity index (χ4v) is 2.38. The second kappa shape index (κ2) is 4.48. The van der Waals surface area contributed by atoms with Crippen molar-refractivity contribution in [3.05, 3.63) is 27.4 Å². The molecule has 0 saturated heterocycles. The summed E-state index contributed by atoms with van der Waals surface area (Å²) in [5.74, 6) is -1.26. The SMILES string of the molecule is Nc1c(Cl)c(C(=O)O)nc(-c2cncs2)c1Cl. The second-order valence-corrected chi connectivity index (χ2v) is 4.66. The number of hydrogen-bond donors (Lipinski definition) is 2. The Balaban J connectivity index is 2.73. The summed E-state index contributed by atoms with van der Waals surface area (Å²) in [4.78, 5) is 19.3. The lowest BCUT2D eigenvalue weighted by molar-refractivity contribution is 0.0691. The molecule has 0 aromatic carbocycles. The van der Waals surface area contributed by atoms with Gasteiger partial charge in [-0.2, -0.15) is 0 Å². The summed E-state index contributed by atoms with van der Waals surface area (Å²) in [5.41, 5.74) is 7.18. The van der Waals surface area contributed by atoms with Crippen LogP contribution in [-0.4, -0.2) is 21.0 Å². The van der Waals surface area contributed by atoms with Crippen LogP contribution in [0.5, 0.6) is 0 Å². The summed E-state index contributed by atoms with van der Waals surface area (Å²) in [6.45, 7) is 0. The maximum absolute atomic E-state index is 10.9. The third-order valence-electron chi connectivity index (χ3n) is 1.98.